The van der Waals surface area contributed by atoms with Crippen molar-refractivity contribution in [2.24, 2.45) is 5.41 Å². The molecule has 1 atom stereocenters. The standard InChI is InChI=1S/C11H18N2S/c1-11(2)7-10(8-14-9-11)12-13-5-3-4-6-13/h3-6,10,12H,7-9H2,1-2H3. The van der Waals surface area contributed by atoms with Crippen LogP contribution in [0.15, 0.2) is 24.5 Å². The minimum Gasteiger partial charge on any atom is -0.323 e. The van der Waals surface area contributed by atoms with E-state index in [2.05, 4.69) is 48.1 Å². The van der Waals surface area contributed by atoms with Gasteiger partial charge < -0.3 is 5.43 Å². The molecule has 1 aromatic heterocycles. The number of nitrogens with zero attached hydrogens (tertiary/aromatic N) is 1. The maximum Gasteiger partial charge on any atom is 0.0520 e. The van der Waals surface area contributed by atoms with Crippen molar-refractivity contribution in [3.8, 4) is 0 Å². The van der Waals surface area contributed by atoms with Crippen molar-refractivity contribution in [1.82, 2.24) is 4.68 Å². The molecule has 1 aromatic rings. The van der Waals surface area contributed by atoms with Crippen molar-refractivity contribution in [1.29, 1.82) is 0 Å². The molecule has 1 aliphatic heterocycles. The summed E-state index contributed by atoms with van der Waals surface area (Å²) >= 11 is 2.06. The maximum atomic E-state index is 3.51. The minimum atomic E-state index is 0.480. The van der Waals surface area contributed by atoms with E-state index < -0.39 is 0 Å². The lowest BCUT2D eigenvalue weighted by molar-refractivity contribution is 0.349. The van der Waals surface area contributed by atoms with Gasteiger partial charge in [-0.05, 0) is 29.7 Å². The van der Waals surface area contributed by atoms with E-state index in [0.29, 0.717) is 11.5 Å². The second kappa shape index (κ2) is 3.89. The summed E-state index contributed by atoms with van der Waals surface area (Å²) in [5.41, 5.74) is 3.99. The molecule has 0 saturated carbocycles. The highest BCUT2D eigenvalue weighted by atomic mass is 32.2. The van der Waals surface area contributed by atoms with E-state index in [1.165, 1.54) is 17.9 Å². The van der Waals surface area contributed by atoms with Gasteiger partial charge in [-0.3, -0.25) is 4.68 Å². The molecule has 14 heavy (non-hydrogen) atoms. The van der Waals surface area contributed by atoms with Crippen LogP contribution in [0.1, 0.15) is 20.3 Å². The van der Waals surface area contributed by atoms with Gasteiger partial charge in [0.25, 0.3) is 0 Å². The van der Waals surface area contributed by atoms with Crippen LogP contribution in [0, 0.1) is 5.41 Å². The Morgan fingerprint density at radius 1 is 1.36 bits per heavy atom. The monoisotopic (exact) mass is 210 g/mol. The molecule has 1 saturated heterocycles. The number of rotatable bonds is 2. The fourth-order valence-electron chi connectivity index (χ4n) is 1.98. The molecule has 0 aliphatic carbocycles. The zero-order valence-electron chi connectivity index (χ0n) is 8.86. The lowest BCUT2D eigenvalue weighted by atomic mass is 9.88. The van der Waals surface area contributed by atoms with Crippen LogP contribution in [0.5, 0.6) is 0 Å². The van der Waals surface area contributed by atoms with Gasteiger partial charge in [-0.15, -0.1) is 0 Å². The van der Waals surface area contributed by atoms with E-state index in [4.69, 9.17) is 0 Å². The second-order valence-corrected chi connectivity index (χ2v) is 5.83. The van der Waals surface area contributed by atoms with Gasteiger partial charge in [-0.1, -0.05) is 13.8 Å². The number of aromatic nitrogens is 1. The Labute approximate surface area is 90.0 Å². The predicted octanol–water partition coefficient (Wildman–Crippen LogP) is 2.56. The number of nitrogens with one attached hydrogen (secondary N) is 1. The van der Waals surface area contributed by atoms with Gasteiger partial charge in [0, 0.05) is 18.1 Å². The van der Waals surface area contributed by atoms with Gasteiger partial charge in [0.15, 0.2) is 0 Å². The van der Waals surface area contributed by atoms with E-state index >= 15 is 0 Å². The van der Waals surface area contributed by atoms with Crippen LogP contribution in [0.2, 0.25) is 0 Å². The molecule has 0 bridgehead atoms. The van der Waals surface area contributed by atoms with Gasteiger partial charge in [-0.25, -0.2) is 0 Å². The van der Waals surface area contributed by atoms with Crippen LogP contribution >= 0.6 is 11.8 Å². The van der Waals surface area contributed by atoms with E-state index in [9.17, 15) is 0 Å². The molecule has 1 N–H and O–H groups in total. The van der Waals surface area contributed by atoms with Gasteiger partial charge >= 0.3 is 0 Å². The highest BCUT2D eigenvalue weighted by Gasteiger charge is 2.28. The van der Waals surface area contributed by atoms with Gasteiger partial charge in [0.05, 0.1) is 6.04 Å². The van der Waals surface area contributed by atoms with E-state index in [1.807, 2.05) is 12.1 Å². The molecule has 2 heterocycles. The summed E-state index contributed by atoms with van der Waals surface area (Å²) in [6.07, 6.45) is 5.39. The van der Waals surface area contributed by atoms with Crippen molar-refractivity contribution in [2.75, 3.05) is 16.9 Å². The third-order valence-corrected chi connectivity index (χ3v) is 4.17. The predicted molar refractivity (Wildman–Crippen MR) is 63.3 cm³/mol. The zero-order chi connectivity index (χ0) is 10.0. The molecule has 2 nitrogen and oxygen atoms in total. The summed E-state index contributed by atoms with van der Waals surface area (Å²) in [7, 11) is 0. The molecule has 0 aromatic carbocycles. The molecule has 1 fully saturated rings. The van der Waals surface area contributed by atoms with Crippen molar-refractivity contribution < 1.29 is 0 Å². The molecular weight excluding hydrogens is 192 g/mol. The summed E-state index contributed by atoms with van der Waals surface area (Å²) < 4.78 is 2.06. The summed E-state index contributed by atoms with van der Waals surface area (Å²) in [6.45, 7) is 4.70. The Morgan fingerprint density at radius 3 is 2.71 bits per heavy atom. The number of thioether (sulfide) groups is 1. The normalized spacial score (nSPS) is 26.0. The van der Waals surface area contributed by atoms with E-state index in [-0.39, 0.29) is 0 Å². The number of hydrogen-bond donors (Lipinski definition) is 1. The largest absolute Gasteiger partial charge is 0.323 e. The summed E-state index contributed by atoms with van der Waals surface area (Å²) in [6, 6.07) is 4.71. The SMILES string of the molecule is CC1(C)CSCC(Nn2cccc2)C1. The van der Waals surface area contributed by atoms with E-state index in [0.717, 1.165) is 0 Å². The van der Waals surface area contributed by atoms with Gasteiger partial charge in [0.2, 0.25) is 0 Å². The third-order valence-electron chi connectivity index (χ3n) is 2.55. The lowest BCUT2D eigenvalue weighted by Crippen LogP contribution is -2.38. The maximum absolute atomic E-state index is 3.51. The second-order valence-electron chi connectivity index (χ2n) is 4.80. The highest BCUT2D eigenvalue weighted by molar-refractivity contribution is 7.99. The van der Waals surface area contributed by atoms with Crippen LogP contribution in [0.4, 0.5) is 0 Å². The molecule has 1 aliphatic rings. The van der Waals surface area contributed by atoms with Crippen molar-refractivity contribution in [2.45, 2.75) is 26.3 Å². The molecule has 3 heteroatoms. The van der Waals surface area contributed by atoms with Crippen LogP contribution in [0.3, 0.4) is 0 Å². The Bertz CT molecular complexity index is 279. The van der Waals surface area contributed by atoms with Crippen LogP contribution in [0.25, 0.3) is 0 Å². The van der Waals surface area contributed by atoms with Crippen molar-refractivity contribution in [3.05, 3.63) is 24.5 Å². The van der Waals surface area contributed by atoms with Crippen molar-refractivity contribution in [3.63, 3.8) is 0 Å². The average molecular weight is 210 g/mol. The molecule has 0 radical (unpaired) electrons. The molecular formula is C11H18N2S. The molecule has 0 amide bonds. The van der Waals surface area contributed by atoms with Crippen molar-refractivity contribution >= 4 is 11.8 Å². The van der Waals surface area contributed by atoms with Crippen LogP contribution in [-0.2, 0) is 0 Å². The number of hydrogen-bond acceptors (Lipinski definition) is 2. The Morgan fingerprint density at radius 2 is 2.07 bits per heavy atom. The van der Waals surface area contributed by atoms with Gasteiger partial charge in [-0.2, -0.15) is 11.8 Å². The van der Waals surface area contributed by atoms with Crippen LogP contribution < -0.4 is 5.43 Å². The fraction of sp³-hybridized carbons (Fsp3) is 0.636. The first-order valence-corrected chi connectivity index (χ1v) is 6.28. The lowest BCUT2D eigenvalue weighted by Gasteiger charge is -2.35. The highest BCUT2D eigenvalue weighted by Crippen LogP contribution is 2.33. The molecule has 1 unspecified atom stereocenters. The Hall–Kier alpha value is -0.570. The first kappa shape index (κ1) is 9.97. The third kappa shape index (κ3) is 2.47. The minimum absolute atomic E-state index is 0.480. The average Bonchev–Trinajstić information content (AvgIpc) is 2.54. The van der Waals surface area contributed by atoms with Gasteiger partial charge in [0.1, 0.15) is 0 Å². The fourth-order valence-corrected chi connectivity index (χ4v) is 3.24. The Kier molecular flexibility index (Phi) is 2.77. The molecule has 0 spiro atoms. The quantitative estimate of drug-likeness (QED) is 0.808. The molecule has 2 rings (SSSR count). The summed E-state index contributed by atoms with van der Waals surface area (Å²) in [5.74, 6) is 2.51. The molecule has 78 valence electrons. The van der Waals surface area contributed by atoms with E-state index in [1.54, 1.807) is 0 Å². The first-order valence-electron chi connectivity index (χ1n) is 5.13. The first-order chi connectivity index (χ1) is 6.66. The zero-order valence-corrected chi connectivity index (χ0v) is 9.68. The summed E-state index contributed by atoms with van der Waals surface area (Å²) in [5, 5.41) is 0. The van der Waals surface area contributed by atoms with Crippen LogP contribution in [-0.4, -0.2) is 22.2 Å². The summed E-state index contributed by atoms with van der Waals surface area (Å²) in [4.78, 5) is 0. The smallest absolute Gasteiger partial charge is 0.0520 e. The topological polar surface area (TPSA) is 17.0 Å². The Balaban J connectivity index is 1.92.